The van der Waals surface area contributed by atoms with E-state index in [0.29, 0.717) is 0 Å². The van der Waals surface area contributed by atoms with Crippen molar-refractivity contribution in [3.8, 4) is 18.4 Å². The molecule has 0 amide bonds. The Morgan fingerprint density at radius 1 is 1.05 bits per heavy atom. The van der Waals surface area contributed by atoms with Gasteiger partial charge in [0.1, 0.15) is 6.79 Å². The third kappa shape index (κ3) is 11.0. The average Bonchev–Trinajstić information content (AvgIpc) is 3.02. The van der Waals surface area contributed by atoms with Gasteiger partial charge in [0.05, 0.1) is 11.6 Å². The van der Waals surface area contributed by atoms with E-state index < -0.39 is 0 Å². The maximum Gasteiger partial charge on any atom is 0.106 e. The summed E-state index contributed by atoms with van der Waals surface area (Å²) in [6.45, 7) is 8.16. The fraction of sp³-hybridized carbons (Fsp3) is 0.343. The second-order valence-electron chi connectivity index (χ2n) is 9.31. The Balaban J connectivity index is 0.000000287. The number of rotatable bonds is 4. The summed E-state index contributed by atoms with van der Waals surface area (Å²) in [4.78, 5) is 12.2. The van der Waals surface area contributed by atoms with E-state index in [1.54, 1.807) is 0 Å². The third-order valence-corrected chi connectivity index (χ3v) is 6.93. The molecule has 0 radical (unpaired) electrons. The van der Waals surface area contributed by atoms with E-state index in [1.807, 2.05) is 52.1 Å². The molecule has 1 N–H and O–H groups in total. The van der Waals surface area contributed by atoms with Crippen LogP contribution in [0.1, 0.15) is 85.3 Å². The molecule has 4 heteroatoms. The molecule has 4 rings (SSSR count). The van der Waals surface area contributed by atoms with Crippen LogP contribution in [0.15, 0.2) is 71.7 Å². The first-order valence-corrected chi connectivity index (χ1v) is 13.5. The molecule has 3 aromatic carbocycles. The SMILES string of the molecule is C#Cc1ccc(C2CCCCC2)cc1.C=O.CCc1ccccc1C#N.CN=C(C)c1ccc(C)c(NC)c1. The van der Waals surface area contributed by atoms with Crippen molar-refractivity contribution in [2.45, 2.75) is 65.2 Å². The molecule has 0 spiro atoms. The monoisotopic (exact) mass is 521 g/mol. The van der Waals surface area contributed by atoms with E-state index in [4.69, 9.17) is 16.5 Å². The third-order valence-electron chi connectivity index (χ3n) is 6.93. The molecule has 1 aliphatic rings. The molecule has 0 aromatic heterocycles. The van der Waals surface area contributed by atoms with Gasteiger partial charge in [-0.3, -0.25) is 4.99 Å². The fourth-order valence-corrected chi connectivity index (χ4v) is 4.47. The van der Waals surface area contributed by atoms with Crippen LogP contribution < -0.4 is 5.32 Å². The topological polar surface area (TPSA) is 65.2 Å². The molecule has 1 saturated carbocycles. The summed E-state index contributed by atoms with van der Waals surface area (Å²) in [7, 11) is 3.75. The van der Waals surface area contributed by atoms with E-state index in [9.17, 15) is 0 Å². The van der Waals surface area contributed by atoms with Gasteiger partial charge in [-0.25, -0.2) is 0 Å². The number of nitrogens with one attached hydrogen (secondary N) is 1. The second-order valence-corrected chi connectivity index (χ2v) is 9.31. The minimum Gasteiger partial charge on any atom is -0.388 e. The zero-order valence-electron chi connectivity index (χ0n) is 24.3. The fourth-order valence-electron chi connectivity index (χ4n) is 4.47. The summed E-state index contributed by atoms with van der Waals surface area (Å²) < 4.78 is 0. The second kappa shape index (κ2) is 19.0. The molecule has 4 nitrogen and oxygen atoms in total. The number of benzene rings is 3. The number of hydrogen-bond donors (Lipinski definition) is 1. The standard InChI is InChI=1S/C14H16.C11H16N2.C9H9N.CH2O/c1-2-12-8-10-14(11-9-12)13-6-4-3-5-7-13;1-8-5-6-10(9(2)12-3)7-11(8)13-4;1-2-8-5-3-4-6-9(8)7-10;1-2/h1,8-11,13H,3-7H2;5-7,13H,1-4H3;3-6H,2H2,1H3;1H2. The molecule has 0 saturated heterocycles. The number of aliphatic imine (C=N–C) groups is 1. The highest BCUT2D eigenvalue weighted by Crippen LogP contribution is 2.32. The lowest BCUT2D eigenvalue weighted by atomic mass is 9.84. The first kappa shape index (κ1) is 32.9. The van der Waals surface area contributed by atoms with Crippen molar-refractivity contribution in [3.63, 3.8) is 0 Å². The lowest BCUT2D eigenvalue weighted by molar-refractivity contribution is -0.0979. The molecule has 1 fully saturated rings. The van der Waals surface area contributed by atoms with Crippen LogP contribution in [-0.2, 0) is 11.2 Å². The van der Waals surface area contributed by atoms with E-state index in [2.05, 4.69) is 78.6 Å². The number of anilines is 1. The Kier molecular flexibility index (Phi) is 16.0. The van der Waals surface area contributed by atoms with Gasteiger partial charge in [0, 0.05) is 31.1 Å². The molecule has 1 aliphatic carbocycles. The van der Waals surface area contributed by atoms with Crippen LogP contribution in [0, 0.1) is 30.6 Å². The number of carbonyl (C=O) groups is 1. The van der Waals surface area contributed by atoms with Crippen molar-refractivity contribution in [2.24, 2.45) is 4.99 Å². The van der Waals surface area contributed by atoms with E-state index in [1.165, 1.54) is 54.5 Å². The summed E-state index contributed by atoms with van der Waals surface area (Å²) in [5.41, 5.74) is 9.06. The Bertz CT molecular complexity index is 1240. The Morgan fingerprint density at radius 3 is 2.21 bits per heavy atom. The van der Waals surface area contributed by atoms with Crippen LogP contribution in [0.4, 0.5) is 5.69 Å². The largest absolute Gasteiger partial charge is 0.388 e. The van der Waals surface area contributed by atoms with Crippen LogP contribution in [0.3, 0.4) is 0 Å². The zero-order valence-corrected chi connectivity index (χ0v) is 24.3. The average molecular weight is 522 g/mol. The van der Waals surface area contributed by atoms with Gasteiger partial charge in [-0.1, -0.05) is 74.6 Å². The van der Waals surface area contributed by atoms with Gasteiger partial charge in [-0.05, 0) is 85.5 Å². The highest BCUT2D eigenvalue weighted by Gasteiger charge is 2.14. The quantitative estimate of drug-likeness (QED) is 0.278. The van der Waals surface area contributed by atoms with Crippen LogP contribution in [0.2, 0.25) is 0 Å². The molecule has 204 valence electrons. The molecule has 0 bridgehead atoms. The lowest BCUT2D eigenvalue weighted by Crippen LogP contribution is -2.04. The van der Waals surface area contributed by atoms with Gasteiger partial charge in [-0.15, -0.1) is 6.42 Å². The number of nitriles is 1. The minimum absolute atomic E-state index is 0.788. The first-order chi connectivity index (χ1) is 19.0. The van der Waals surface area contributed by atoms with E-state index in [0.717, 1.165) is 34.7 Å². The Labute approximate surface area is 236 Å². The summed E-state index contributed by atoms with van der Waals surface area (Å²) in [6.07, 6.45) is 13.2. The highest BCUT2D eigenvalue weighted by atomic mass is 16.1. The van der Waals surface area contributed by atoms with Crippen LogP contribution in [0.5, 0.6) is 0 Å². The first-order valence-electron chi connectivity index (χ1n) is 13.5. The van der Waals surface area contributed by atoms with Gasteiger partial charge < -0.3 is 10.1 Å². The predicted molar refractivity (Wildman–Crippen MR) is 167 cm³/mol. The zero-order chi connectivity index (χ0) is 29.0. The predicted octanol–water partition coefficient (Wildman–Crippen LogP) is 8.13. The van der Waals surface area contributed by atoms with E-state index >= 15 is 0 Å². The van der Waals surface area contributed by atoms with Gasteiger partial charge in [0.2, 0.25) is 0 Å². The molecular formula is C35H43N3O. The van der Waals surface area contributed by atoms with Crippen molar-refractivity contribution in [1.82, 2.24) is 0 Å². The number of nitrogens with zero attached hydrogens (tertiary/aromatic N) is 2. The molecule has 3 aromatic rings. The van der Waals surface area contributed by atoms with Gasteiger partial charge in [0.25, 0.3) is 0 Å². The maximum absolute atomic E-state index is 8.60. The Morgan fingerprint density at radius 2 is 1.69 bits per heavy atom. The van der Waals surface area contributed by atoms with Crippen molar-refractivity contribution in [1.29, 1.82) is 5.26 Å². The van der Waals surface area contributed by atoms with Crippen molar-refractivity contribution < 1.29 is 4.79 Å². The summed E-state index contributed by atoms with van der Waals surface area (Å²) in [5.74, 6) is 3.44. The van der Waals surface area contributed by atoms with E-state index in [-0.39, 0.29) is 0 Å². The number of hydrogen-bond acceptors (Lipinski definition) is 4. The Hall–Kier alpha value is -4.15. The lowest BCUT2D eigenvalue weighted by Gasteiger charge is -2.21. The smallest absolute Gasteiger partial charge is 0.106 e. The maximum atomic E-state index is 8.60. The van der Waals surface area contributed by atoms with Crippen LogP contribution in [-0.4, -0.2) is 26.6 Å². The molecular weight excluding hydrogens is 478 g/mol. The molecule has 0 unspecified atom stereocenters. The van der Waals surface area contributed by atoms with Gasteiger partial charge in [-0.2, -0.15) is 5.26 Å². The van der Waals surface area contributed by atoms with Crippen LogP contribution >= 0.6 is 0 Å². The molecule has 0 aliphatic heterocycles. The number of terminal acetylenes is 1. The van der Waals surface area contributed by atoms with Crippen LogP contribution in [0.25, 0.3) is 0 Å². The summed E-state index contributed by atoms with van der Waals surface area (Å²) in [6, 6.07) is 24.7. The van der Waals surface area contributed by atoms with Gasteiger partial charge >= 0.3 is 0 Å². The highest BCUT2D eigenvalue weighted by molar-refractivity contribution is 5.99. The molecule has 39 heavy (non-hydrogen) atoms. The van der Waals surface area contributed by atoms with Gasteiger partial charge in [0.15, 0.2) is 0 Å². The number of carbonyl (C=O) groups excluding carboxylic acids is 1. The summed E-state index contributed by atoms with van der Waals surface area (Å²) in [5, 5.41) is 11.8. The summed E-state index contributed by atoms with van der Waals surface area (Å²) >= 11 is 0. The minimum atomic E-state index is 0.788. The van der Waals surface area contributed by atoms with Crippen molar-refractivity contribution in [3.05, 3.63) is 100 Å². The normalized spacial score (nSPS) is 12.5. The molecule has 0 heterocycles. The molecule has 0 atom stereocenters. The van der Waals surface area contributed by atoms with Crippen molar-refractivity contribution in [2.75, 3.05) is 19.4 Å². The number of aryl methyl sites for hydroxylation is 2. The van der Waals surface area contributed by atoms with Crippen molar-refractivity contribution >= 4 is 18.2 Å².